The highest BCUT2D eigenvalue weighted by Gasteiger charge is 2.35. The molecule has 1 aromatic heterocycles. The van der Waals surface area contributed by atoms with Gasteiger partial charge in [-0.15, -0.1) is 23.1 Å². The number of ether oxygens (including phenoxy) is 1. The highest BCUT2D eigenvalue weighted by Crippen LogP contribution is 2.44. The first-order chi connectivity index (χ1) is 15.2. The van der Waals surface area contributed by atoms with Crippen molar-refractivity contribution in [2.75, 3.05) is 17.7 Å². The molecule has 0 bridgehead atoms. The number of benzene rings is 1. The molecular weight excluding hydrogens is 444 g/mol. The summed E-state index contributed by atoms with van der Waals surface area (Å²) in [6, 6.07) is 7.55. The third-order valence-electron chi connectivity index (χ3n) is 6.21. The van der Waals surface area contributed by atoms with Crippen molar-refractivity contribution < 1.29 is 19.1 Å². The van der Waals surface area contributed by atoms with Crippen LogP contribution >= 0.6 is 23.1 Å². The van der Waals surface area contributed by atoms with Crippen LogP contribution in [0.5, 0.6) is 0 Å². The maximum Gasteiger partial charge on any atom is 0.341 e. The van der Waals surface area contributed by atoms with Crippen molar-refractivity contribution in [2.24, 2.45) is 11.3 Å². The number of methoxy groups -OCH3 is 1. The van der Waals surface area contributed by atoms with E-state index in [2.05, 4.69) is 31.4 Å². The molecule has 170 valence electrons. The molecule has 0 saturated heterocycles. The second-order valence-corrected chi connectivity index (χ2v) is 11.7. The van der Waals surface area contributed by atoms with Crippen LogP contribution in [0.4, 0.5) is 10.7 Å². The van der Waals surface area contributed by atoms with Crippen LogP contribution < -0.4 is 10.6 Å². The first-order valence-corrected chi connectivity index (χ1v) is 12.5. The molecule has 2 aliphatic rings. The summed E-state index contributed by atoms with van der Waals surface area (Å²) < 4.78 is 5.03. The molecule has 2 atom stereocenters. The Labute approximate surface area is 196 Å². The Hall–Kier alpha value is -2.32. The average Bonchev–Trinajstić information content (AvgIpc) is 3.09. The van der Waals surface area contributed by atoms with Gasteiger partial charge in [0.15, 0.2) is 0 Å². The van der Waals surface area contributed by atoms with E-state index in [0.717, 1.165) is 40.3 Å². The van der Waals surface area contributed by atoms with Crippen molar-refractivity contribution in [3.05, 3.63) is 40.3 Å². The van der Waals surface area contributed by atoms with Gasteiger partial charge in [0.1, 0.15) is 5.00 Å². The largest absolute Gasteiger partial charge is 0.465 e. The lowest BCUT2D eigenvalue weighted by Crippen LogP contribution is -2.32. The number of thioether (sulfide) groups is 1. The Morgan fingerprint density at radius 1 is 1.25 bits per heavy atom. The standard InChI is InChI=1S/C24H28N2O4S2/c1-24(2,3)13-9-10-14-17(11-13)32-22(20(14)23(29)30-4)26-19(27)12-18-21(28)25-15-7-5-6-8-16(15)31-18/h5-8,13,18H,9-12H2,1-4H3,(H,25,28)(H,26,27)/t13-,18-/m0/s1. The molecule has 1 aliphatic heterocycles. The quantitative estimate of drug-likeness (QED) is 0.603. The molecular formula is C24H28N2O4S2. The maximum atomic E-state index is 12.9. The van der Waals surface area contributed by atoms with Gasteiger partial charge in [0, 0.05) is 16.2 Å². The number of fused-ring (bicyclic) bond motifs is 2. The van der Waals surface area contributed by atoms with E-state index in [9.17, 15) is 14.4 Å². The van der Waals surface area contributed by atoms with Crippen LogP contribution in [0, 0.1) is 11.3 Å². The second kappa shape index (κ2) is 8.90. The summed E-state index contributed by atoms with van der Waals surface area (Å²) in [6.45, 7) is 6.72. The van der Waals surface area contributed by atoms with E-state index in [4.69, 9.17) is 4.74 Å². The van der Waals surface area contributed by atoms with E-state index in [-0.39, 0.29) is 23.7 Å². The Balaban J connectivity index is 1.53. The van der Waals surface area contributed by atoms with Crippen LogP contribution in [0.15, 0.2) is 29.2 Å². The maximum absolute atomic E-state index is 12.9. The number of nitrogens with one attached hydrogen (secondary N) is 2. The van der Waals surface area contributed by atoms with E-state index in [0.29, 0.717) is 16.5 Å². The topological polar surface area (TPSA) is 84.5 Å². The summed E-state index contributed by atoms with van der Waals surface area (Å²) in [7, 11) is 1.36. The van der Waals surface area contributed by atoms with Gasteiger partial charge >= 0.3 is 5.97 Å². The van der Waals surface area contributed by atoms with Crippen molar-refractivity contribution >= 4 is 51.6 Å². The van der Waals surface area contributed by atoms with E-state index in [1.54, 1.807) is 0 Å². The lowest BCUT2D eigenvalue weighted by molar-refractivity contribution is -0.120. The third kappa shape index (κ3) is 4.57. The van der Waals surface area contributed by atoms with Crippen molar-refractivity contribution in [1.29, 1.82) is 0 Å². The Kier molecular flexibility index (Phi) is 6.36. The fraction of sp³-hybridized carbons (Fsp3) is 0.458. The molecule has 0 spiro atoms. The lowest BCUT2D eigenvalue weighted by atomic mass is 9.72. The van der Waals surface area contributed by atoms with Gasteiger partial charge in [-0.1, -0.05) is 32.9 Å². The number of anilines is 2. The number of carbonyl (C=O) groups is 3. The molecule has 0 fully saturated rings. The predicted molar refractivity (Wildman–Crippen MR) is 129 cm³/mol. The minimum atomic E-state index is -0.522. The fourth-order valence-electron chi connectivity index (χ4n) is 4.30. The zero-order valence-electron chi connectivity index (χ0n) is 18.7. The van der Waals surface area contributed by atoms with E-state index >= 15 is 0 Å². The highest BCUT2D eigenvalue weighted by molar-refractivity contribution is 8.01. The molecule has 4 rings (SSSR count). The number of carbonyl (C=O) groups excluding carboxylic acids is 3. The van der Waals surface area contributed by atoms with Gasteiger partial charge in [-0.3, -0.25) is 9.59 Å². The molecule has 32 heavy (non-hydrogen) atoms. The minimum absolute atomic E-state index is 0.0264. The van der Waals surface area contributed by atoms with Crippen LogP contribution in [0.3, 0.4) is 0 Å². The molecule has 0 saturated carbocycles. The minimum Gasteiger partial charge on any atom is -0.465 e. The van der Waals surface area contributed by atoms with Crippen molar-refractivity contribution in [3.63, 3.8) is 0 Å². The smallest absolute Gasteiger partial charge is 0.341 e. The van der Waals surface area contributed by atoms with Gasteiger partial charge in [0.2, 0.25) is 11.8 Å². The number of hydrogen-bond donors (Lipinski definition) is 2. The number of hydrogen-bond acceptors (Lipinski definition) is 6. The van der Waals surface area contributed by atoms with Crippen LogP contribution in [0.1, 0.15) is 54.4 Å². The summed E-state index contributed by atoms with van der Waals surface area (Å²) in [5, 5.41) is 5.79. The molecule has 0 radical (unpaired) electrons. The van der Waals surface area contributed by atoms with Crippen molar-refractivity contribution in [1.82, 2.24) is 0 Å². The van der Waals surface area contributed by atoms with Gasteiger partial charge in [-0.25, -0.2) is 4.79 Å². The van der Waals surface area contributed by atoms with Gasteiger partial charge in [-0.2, -0.15) is 0 Å². The first-order valence-electron chi connectivity index (χ1n) is 10.8. The molecule has 1 aromatic carbocycles. The molecule has 2 heterocycles. The summed E-state index contributed by atoms with van der Waals surface area (Å²) >= 11 is 2.85. The monoisotopic (exact) mass is 472 g/mol. The van der Waals surface area contributed by atoms with Crippen LogP contribution in [-0.4, -0.2) is 30.1 Å². The summed E-state index contributed by atoms with van der Waals surface area (Å²) in [5.74, 6) is -0.375. The number of amides is 2. The van der Waals surface area contributed by atoms with Crippen LogP contribution in [0.25, 0.3) is 0 Å². The number of thiophene rings is 1. The molecule has 2 amide bonds. The highest BCUT2D eigenvalue weighted by atomic mass is 32.2. The van der Waals surface area contributed by atoms with Gasteiger partial charge < -0.3 is 15.4 Å². The SMILES string of the molecule is COC(=O)c1c(NC(=O)C[C@@H]2Sc3ccccc3NC2=O)sc2c1CC[C@H](C(C)(C)C)C2. The van der Waals surface area contributed by atoms with Gasteiger partial charge in [0.05, 0.1) is 23.6 Å². The van der Waals surface area contributed by atoms with Crippen molar-refractivity contribution in [2.45, 2.75) is 56.6 Å². The van der Waals surface area contributed by atoms with Crippen molar-refractivity contribution in [3.8, 4) is 0 Å². The van der Waals surface area contributed by atoms with Crippen LogP contribution in [0.2, 0.25) is 0 Å². The average molecular weight is 473 g/mol. The number of para-hydroxylation sites is 1. The summed E-state index contributed by atoms with van der Waals surface area (Å²) in [4.78, 5) is 40.0. The van der Waals surface area contributed by atoms with E-state index in [1.807, 2.05) is 24.3 Å². The normalized spacial score (nSPS) is 20.1. The lowest BCUT2D eigenvalue weighted by Gasteiger charge is -2.33. The predicted octanol–water partition coefficient (Wildman–Crippen LogP) is 5.13. The molecule has 6 nitrogen and oxygen atoms in total. The molecule has 1 aliphatic carbocycles. The molecule has 2 N–H and O–H groups in total. The Morgan fingerprint density at radius 3 is 2.72 bits per heavy atom. The number of rotatable bonds is 4. The van der Waals surface area contributed by atoms with E-state index < -0.39 is 11.2 Å². The second-order valence-electron chi connectivity index (χ2n) is 9.35. The zero-order valence-corrected chi connectivity index (χ0v) is 20.4. The summed E-state index contributed by atoms with van der Waals surface area (Å²) in [5.41, 5.74) is 2.42. The van der Waals surface area contributed by atoms with Gasteiger partial charge in [-0.05, 0) is 48.3 Å². The Morgan fingerprint density at radius 2 is 2.00 bits per heavy atom. The number of esters is 1. The van der Waals surface area contributed by atoms with Gasteiger partial charge in [0.25, 0.3) is 0 Å². The first kappa shape index (κ1) is 22.9. The molecule has 2 aromatic rings. The Bertz CT molecular complexity index is 1070. The zero-order chi connectivity index (χ0) is 23.0. The van der Waals surface area contributed by atoms with E-state index in [1.165, 1.54) is 30.2 Å². The molecule has 0 unspecified atom stereocenters. The summed E-state index contributed by atoms with van der Waals surface area (Å²) in [6.07, 6.45) is 2.72. The van der Waals surface area contributed by atoms with Crippen LogP contribution in [-0.2, 0) is 27.2 Å². The molecule has 8 heteroatoms. The third-order valence-corrected chi connectivity index (χ3v) is 8.65. The fourth-order valence-corrected chi connectivity index (χ4v) is 6.75.